The highest BCUT2D eigenvalue weighted by Crippen LogP contribution is 2.45. The number of carbonyl (C=O) groups is 1. The summed E-state index contributed by atoms with van der Waals surface area (Å²) in [6.45, 7) is 8.74. The van der Waals surface area contributed by atoms with Gasteiger partial charge in [0.2, 0.25) is 0 Å². The highest BCUT2D eigenvalue weighted by molar-refractivity contribution is 5.77. The van der Waals surface area contributed by atoms with Crippen LogP contribution in [0.1, 0.15) is 65.7 Å². The predicted molar refractivity (Wildman–Crippen MR) is 87.8 cm³/mol. The number of ether oxygens (including phenoxy) is 2. The number of hydrogen-bond donors (Lipinski definition) is 1. The third-order valence-corrected chi connectivity index (χ3v) is 5.49. The number of esters is 1. The number of hydrogen-bond acceptors (Lipinski definition) is 4. The summed E-state index contributed by atoms with van der Waals surface area (Å²) in [5.74, 6) is 0.371. The first kappa shape index (κ1) is 17.7. The molecule has 2 aliphatic rings. The lowest BCUT2D eigenvalue weighted by atomic mass is 9.75. The molecule has 0 aromatic heterocycles. The molecule has 1 saturated carbocycles. The molecule has 0 aromatic carbocycles. The van der Waals surface area contributed by atoms with E-state index in [2.05, 4.69) is 26.1 Å². The number of carbonyl (C=O) groups excluding carboxylic acids is 1. The zero-order valence-electron chi connectivity index (χ0n) is 14.5. The summed E-state index contributed by atoms with van der Waals surface area (Å²) in [5, 5.41) is 3.76. The minimum Gasteiger partial charge on any atom is -0.465 e. The molecule has 1 N–H and O–H groups in total. The summed E-state index contributed by atoms with van der Waals surface area (Å²) in [6.07, 6.45) is 7.17. The van der Waals surface area contributed by atoms with Crippen LogP contribution in [0.25, 0.3) is 0 Å². The largest absolute Gasteiger partial charge is 0.465 e. The van der Waals surface area contributed by atoms with Crippen LogP contribution in [0.2, 0.25) is 0 Å². The van der Waals surface area contributed by atoms with Crippen LogP contribution in [-0.2, 0) is 14.3 Å². The van der Waals surface area contributed by atoms with Gasteiger partial charge in [0.15, 0.2) is 0 Å². The first-order valence-corrected chi connectivity index (χ1v) is 9.09. The van der Waals surface area contributed by atoms with Crippen molar-refractivity contribution in [3.8, 4) is 0 Å². The Bertz CT molecular complexity index is 352. The van der Waals surface area contributed by atoms with E-state index in [1.165, 1.54) is 0 Å². The van der Waals surface area contributed by atoms with Gasteiger partial charge < -0.3 is 14.8 Å². The van der Waals surface area contributed by atoms with Crippen molar-refractivity contribution >= 4 is 5.97 Å². The molecule has 22 heavy (non-hydrogen) atoms. The first-order valence-electron chi connectivity index (χ1n) is 9.09. The van der Waals surface area contributed by atoms with Gasteiger partial charge in [-0.05, 0) is 44.4 Å². The molecule has 1 aliphatic carbocycles. The van der Waals surface area contributed by atoms with E-state index < -0.39 is 0 Å². The van der Waals surface area contributed by atoms with Crippen molar-refractivity contribution in [1.29, 1.82) is 0 Å². The molecule has 2 rings (SSSR count). The second kappa shape index (κ2) is 8.30. The molecule has 0 amide bonds. The van der Waals surface area contributed by atoms with E-state index >= 15 is 0 Å². The molecule has 1 aliphatic heterocycles. The third-order valence-electron chi connectivity index (χ3n) is 5.49. The van der Waals surface area contributed by atoms with Crippen LogP contribution in [0, 0.1) is 11.3 Å². The zero-order valence-corrected chi connectivity index (χ0v) is 14.5. The van der Waals surface area contributed by atoms with Gasteiger partial charge in [-0.1, -0.05) is 27.2 Å². The van der Waals surface area contributed by atoms with Crippen LogP contribution in [-0.4, -0.2) is 37.9 Å². The number of nitrogens with one attached hydrogen (secondary N) is 1. The van der Waals surface area contributed by atoms with Crippen LogP contribution >= 0.6 is 0 Å². The van der Waals surface area contributed by atoms with Crippen molar-refractivity contribution < 1.29 is 14.3 Å². The van der Waals surface area contributed by atoms with Crippen LogP contribution in [0.15, 0.2) is 0 Å². The third kappa shape index (κ3) is 4.23. The van der Waals surface area contributed by atoms with Crippen molar-refractivity contribution in [2.24, 2.45) is 11.3 Å². The van der Waals surface area contributed by atoms with Gasteiger partial charge in [0.25, 0.3) is 0 Å². The van der Waals surface area contributed by atoms with Gasteiger partial charge in [-0.25, -0.2) is 0 Å². The summed E-state index contributed by atoms with van der Waals surface area (Å²) in [5.41, 5.74) is -0.281. The minimum atomic E-state index is -0.281. The SMILES string of the molecule is CCCCOC(=O)[C@@]1(C(C)C)CC[C@@H](NC2CCOCC2)C1. The summed E-state index contributed by atoms with van der Waals surface area (Å²) >= 11 is 0. The van der Waals surface area contributed by atoms with E-state index in [9.17, 15) is 4.79 Å². The molecule has 4 heteroatoms. The highest BCUT2D eigenvalue weighted by atomic mass is 16.5. The molecule has 0 bridgehead atoms. The van der Waals surface area contributed by atoms with Gasteiger partial charge in [0.1, 0.15) is 0 Å². The Balaban J connectivity index is 1.90. The lowest BCUT2D eigenvalue weighted by Gasteiger charge is -2.32. The van der Waals surface area contributed by atoms with Crippen molar-refractivity contribution in [3.05, 3.63) is 0 Å². The average molecular weight is 311 g/mol. The Morgan fingerprint density at radius 3 is 2.64 bits per heavy atom. The molecule has 1 saturated heterocycles. The molecule has 0 spiro atoms. The van der Waals surface area contributed by atoms with Crippen molar-refractivity contribution in [2.45, 2.75) is 77.8 Å². The molecular formula is C18H33NO3. The van der Waals surface area contributed by atoms with E-state index in [-0.39, 0.29) is 11.4 Å². The quantitative estimate of drug-likeness (QED) is 0.579. The Hall–Kier alpha value is -0.610. The lowest BCUT2D eigenvalue weighted by molar-refractivity contribution is -0.159. The molecule has 1 heterocycles. The van der Waals surface area contributed by atoms with Crippen molar-refractivity contribution in [3.63, 3.8) is 0 Å². The molecule has 2 fully saturated rings. The van der Waals surface area contributed by atoms with E-state index in [0.29, 0.717) is 24.6 Å². The van der Waals surface area contributed by atoms with Gasteiger partial charge in [0.05, 0.1) is 12.0 Å². The van der Waals surface area contributed by atoms with Gasteiger partial charge in [-0.3, -0.25) is 4.79 Å². The first-order chi connectivity index (χ1) is 10.6. The van der Waals surface area contributed by atoms with Crippen molar-refractivity contribution in [1.82, 2.24) is 5.32 Å². The number of rotatable bonds is 7. The Labute approximate surface area is 135 Å². The summed E-state index contributed by atoms with van der Waals surface area (Å²) in [6, 6.07) is 1.00. The van der Waals surface area contributed by atoms with E-state index in [1.54, 1.807) is 0 Å². The predicted octanol–water partition coefficient (Wildman–Crippen LogP) is 3.29. The minimum absolute atomic E-state index is 0.0345. The van der Waals surface area contributed by atoms with Crippen molar-refractivity contribution in [2.75, 3.05) is 19.8 Å². The summed E-state index contributed by atoms with van der Waals surface area (Å²) in [4.78, 5) is 12.7. The number of unbranched alkanes of at least 4 members (excludes halogenated alkanes) is 1. The Morgan fingerprint density at radius 2 is 2.00 bits per heavy atom. The normalized spacial score (nSPS) is 29.9. The average Bonchev–Trinajstić information content (AvgIpc) is 2.94. The van der Waals surface area contributed by atoms with Crippen LogP contribution in [0.5, 0.6) is 0 Å². The standard InChI is InChI=1S/C18H33NO3/c1-4-5-10-22-17(20)18(14(2)3)9-6-16(13-18)19-15-7-11-21-12-8-15/h14-16,19H,4-13H2,1-3H3/t16-,18+/m1/s1. The van der Waals surface area contributed by atoms with Crippen LogP contribution in [0.3, 0.4) is 0 Å². The van der Waals surface area contributed by atoms with Crippen LogP contribution in [0.4, 0.5) is 0 Å². The maximum absolute atomic E-state index is 12.7. The lowest BCUT2D eigenvalue weighted by Crippen LogP contribution is -2.43. The van der Waals surface area contributed by atoms with Gasteiger partial charge in [-0.2, -0.15) is 0 Å². The van der Waals surface area contributed by atoms with Gasteiger partial charge in [0, 0.05) is 25.3 Å². The molecule has 0 aromatic rings. The second-order valence-electron chi connectivity index (χ2n) is 7.29. The monoisotopic (exact) mass is 311 g/mol. The zero-order chi connectivity index (χ0) is 16.0. The smallest absolute Gasteiger partial charge is 0.312 e. The topological polar surface area (TPSA) is 47.6 Å². The molecule has 0 unspecified atom stereocenters. The fraction of sp³-hybridized carbons (Fsp3) is 0.944. The van der Waals surface area contributed by atoms with E-state index in [1.807, 2.05) is 0 Å². The Kier molecular flexibility index (Phi) is 6.69. The summed E-state index contributed by atoms with van der Waals surface area (Å²) in [7, 11) is 0. The molecule has 128 valence electrons. The van der Waals surface area contributed by atoms with E-state index in [0.717, 1.165) is 58.2 Å². The second-order valence-corrected chi connectivity index (χ2v) is 7.29. The molecule has 2 atom stereocenters. The Morgan fingerprint density at radius 1 is 1.27 bits per heavy atom. The summed E-state index contributed by atoms with van der Waals surface area (Å²) < 4.78 is 11.0. The van der Waals surface area contributed by atoms with Crippen LogP contribution < -0.4 is 5.32 Å². The molecule has 4 nitrogen and oxygen atoms in total. The maximum Gasteiger partial charge on any atom is 0.312 e. The van der Waals surface area contributed by atoms with Gasteiger partial charge in [-0.15, -0.1) is 0 Å². The van der Waals surface area contributed by atoms with E-state index in [4.69, 9.17) is 9.47 Å². The highest BCUT2D eigenvalue weighted by Gasteiger charge is 2.49. The van der Waals surface area contributed by atoms with Gasteiger partial charge >= 0.3 is 5.97 Å². The fourth-order valence-electron chi connectivity index (χ4n) is 3.81. The molecular weight excluding hydrogens is 278 g/mol. The fourth-order valence-corrected chi connectivity index (χ4v) is 3.81. The molecule has 0 radical (unpaired) electrons. The maximum atomic E-state index is 12.7.